The molecule has 0 saturated carbocycles. The fourth-order valence-corrected chi connectivity index (χ4v) is 3.88. The van der Waals surface area contributed by atoms with Crippen LogP contribution >= 0.6 is 47.8 Å². The molecular weight excluding hydrogens is 444 g/mol. The van der Waals surface area contributed by atoms with E-state index in [0.717, 1.165) is 13.4 Å². The van der Waals surface area contributed by atoms with Crippen molar-refractivity contribution in [3.63, 3.8) is 0 Å². The number of nitrogens with one attached hydrogen (secondary N) is 1. The van der Waals surface area contributed by atoms with Gasteiger partial charge in [-0.15, -0.1) is 0 Å². The summed E-state index contributed by atoms with van der Waals surface area (Å²) in [5.41, 5.74) is 0.751. The Kier molecular flexibility index (Phi) is 4.59. The molecule has 1 amide bonds. The third-order valence-corrected chi connectivity index (χ3v) is 4.00. The number of halogens is 3. The second-order valence-corrected chi connectivity index (χ2v) is 6.22. The summed E-state index contributed by atoms with van der Waals surface area (Å²) in [6.07, 6.45) is 2.67. The number of nitrogens with zero attached hydrogens (tertiary/aromatic N) is 1. The molecule has 4 nitrogen and oxygen atoms in total. The summed E-state index contributed by atoms with van der Waals surface area (Å²) < 4.78 is 2.31. The minimum Gasteiger partial charge on any atom is -0.505 e. The third-order valence-electron chi connectivity index (χ3n) is 2.29. The minimum atomic E-state index is -0.413. The Hall–Kier alpha value is -0.920. The monoisotopic (exact) mass is 448 g/mol. The molecule has 0 radical (unpaired) electrons. The Labute approximate surface area is 134 Å². The van der Waals surface area contributed by atoms with Crippen molar-refractivity contribution >= 4 is 59.4 Å². The molecule has 1 aromatic carbocycles. The van der Waals surface area contributed by atoms with Gasteiger partial charge in [-0.05, 0) is 50.1 Å². The van der Waals surface area contributed by atoms with Gasteiger partial charge in [0.1, 0.15) is 5.75 Å². The van der Waals surface area contributed by atoms with E-state index in [0.29, 0.717) is 5.69 Å². The third kappa shape index (κ3) is 3.34. The van der Waals surface area contributed by atoms with Crippen LogP contribution in [0.4, 0.5) is 5.69 Å². The fourth-order valence-electron chi connectivity index (χ4n) is 1.42. The standard InChI is InChI=1S/C12H7Br3N2O2/c13-6-3-8(14)11(9(15)4-6)17-12(19)7-1-2-16-5-10(7)18/h1-5,18H,(H,17,19). The van der Waals surface area contributed by atoms with Gasteiger partial charge >= 0.3 is 0 Å². The highest BCUT2D eigenvalue weighted by molar-refractivity contribution is 9.11. The van der Waals surface area contributed by atoms with Crippen molar-refractivity contribution in [3.05, 3.63) is 49.6 Å². The number of hydrogen-bond acceptors (Lipinski definition) is 3. The fraction of sp³-hybridized carbons (Fsp3) is 0. The van der Waals surface area contributed by atoms with E-state index < -0.39 is 5.91 Å². The molecule has 0 bridgehead atoms. The summed E-state index contributed by atoms with van der Waals surface area (Å²) in [5.74, 6) is -0.576. The Bertz CT molecular complexity index is 624. The first-order valence-corrected chi connectivity index (χ1v) is 7.46. The normalized spacial score (nSPS) is 10.3. The summed E-state index contributed by atoms with van der Waals surface area (Å²) in [5, 5.41) is 12.3. The highest BCUT2D eigenvalue weighted by Crippen LogP contribution is 2.34. The molecule has 98 valence electrons. The second-order valence-electron chi connectivity index (χ2n) is 3.59. The highest BCUT2D eigenvalue weighted by Gasteiger charge is 2.14. The van der Waals surface area contributed by atoms with E-state index in [4.69, 9.17) is 0 Å². The molecule has 0 fully saturated rings. The Morgan fingerprint density at radius 1 is 1.21 bits per heavy atom. The van der Waals surface area contributed by atoms with E-state index in [2.05, 4.69) is 58.1 Å². The maximum atomic E-state index is 12.1. The molecule has 0 aliphatic heterocycles. The zero-order chi connectivity index (χ0) is 14.0. The van der Waals surface area contributed by atoms with Crippen molar-refractivity contribution in [2.24, 2.45) is 0 Å². The zero-order valence-corrected chi connectivity index (χ0v) is 14.1. The Morgan fingerprint density at radius 2 is 1.84 bits per heavy atom. The van der Waals surface area contributed by atoms with Crippen LogP contribution in [0.5, 0.6) is 5.75 Å². The van der Waals surface area contributed by atoms with Crippen LogP contribution in [0.15, 0.2) is 44.0 Å². The topological polar surface area (TPSA) is 62.2 Å². The van der Waals surface area contributed by atoms with Crippen molar-refractivity contribution in [3.8, 4) is 5.75 Å². The summed E-state index contributed by atoms with van der Waals surface area (Å²) in [4.78, 5) is 15.8. The molecule has 2 N–H and O–H groups in total. The van der Waals surface area contributed by atoms with Gasteiger partial charge in [0.15, 0.2) is 0 Å². The van der Waals surface area contributed by atoms with E-state index in [1.807, 2.05) is 12.1 Å². The van der Waals surface area contributed by atoms with E-state index in [-0.39, 0.29) is 11.3 Å². The zero-order valence-electron chi connectivity index (χ0n) is 9.32. The smallest absolute Gasteiger partial charge is 0.259 e. The SMILES string of the molecule is O=C(Nc1c(Br)cc(Br)cc1Br)c1ccncc1O. The van der Waals surface area contributed by atoms with Crippen LogP contribution < -0.4 is 5.32 Å². The molecule has 0 spiro atoms. The molecule has 1 heterocycles. The van der Waals surface area contributed by atoms with E-state index >= 15 is 0 Å². The van der Waals surface area contributed by atoms with Crippen LogP contribution in [0.3, 0.4) is 0 Å². The highest BCUT2D eigenvalue weighted by atomic mass is 79.9. The first-order valence-electron chi connectivity index (χ1n) is 5.08. The molecular formula is C12H7Br3N2O2. The first-order chi connectivity index (χ1) is 8.99. The van der Waals surface area contributed by atoms with Crippen molar-refractivity contribution in [2.75, 3.05) is 5.32 Å². The maximum Gasteiger partial charge on any atom is 0.259 e. The van der Waals surface area contributed by atoms with Crippen molar-refractivity contribution in [2.45, 2.75) is 0 Å². The number of carbonyl (C=O) groups is 1. The number of aromatic hydroxyl groups is 1. The Balaban J connectivity index is 2.32. The number of aromatic nitrogens is 1. The van der Waals surface area contributed by atoms with Crippen molar-refractivity contribution < 1.29 is 9.90 Å². The molecule has 2 aromatic rings. The number of pyridine rings is 1. The lowest BCUT2D eigenvalue weighted by molar-refractivity contribution is 0.102. The summed E-state index contributed by atoms with van der Waals surface area (Å²) in [6, 6.07) is 5.07. The molecule has 0 saturated heterocycles. The lowest BCUT2D eigenvalue weighted by Gasteiger charge is -2.11. The summed E-state index contributed by atoms with van der Waals surface area (Å²) >= 11 is 10.1. The Morgan fingerprint density at radius 3 is 2.42 bits per heavy atom. The van der Waals surface area contributed by atoms with E-state index in [9.17, 15) is 9.90 Å². The average Bonchev–Trinajstić information content (AvgIpc) is 2.34. The van der Waals surface area contributed by atoms with Gasteiger partial charge < -0.3 is 10.4 Å². The van der Waals surface area contributed by atoms with Gasteiger partial charge in [-0.25, -0.2) is 0 Å². The van der Waals surface area contributed by atoms with Gasteiger partial charge in [-0.3, -0.25) is 9.78 Å². The van der Waals surface area contributed by atoms with Crippen molar-refractivity contribution in [1.29, 1.82) is 0 Å². The number of anilines is 1. The summed E-state index contributed by atoms with van der Waals surface area (Å²) in [6.45, 7) is 0. The van der Waals surface area contributed by atoms with Crippen LogP contribution in [-0.4, -0.2) is 16.0 Å². The van der Waals surface area contributed by atoms with Crippen LogP contribution in [0.2, 0.25) is 0 Å². The molecule has 0 atom stereocenters. The quantitative estimate of drug-likeness (QED) is 0.716. The molecule has 7 heteroatoms. The molecule has 19 heavy (non-hydrogen) atoms. The summed E-state index contributed by atoms with van der Waals surface area (Å²) in [7, 11) is 0. The van der Waals surface area contributed by atoms with Crippen LogP contribution in [0.1, 0.15) is 10.4 Å². The number of amides is 1. The predicted molar refractivity (Wildman–Crippen MR) is 83.4 cm³/mol. The van der Waals surface area contributed by atoms with Gasteiger partial charge in [0.2, 0.25) is 0 Å². The number of carbonyl (C=O) groups excluding carboxylic acids is 1. The second kappa shape index (κ2) is 6.02. The number of hydrogen-bond donors (Lipinski definition) is 2. The molecule has 0 aliphatic carbocycles. The van der Waals surface area contributed by atoms with Crippen LogP contribution in [-0.2, 0) is 0 Å². The van der Waals surface area contributed by atoms with Crippen molar-refractivity contribution in [1.82, 2.24) is 4.98 Å². The van der Waals surface area contributed by atoms with Crippen LogP contribution in [0.25, 0.3) is 0 Å². The van der Waals surface area contributed by atoms with Gasteiger partial charge in [0, 0.05) is 19.6 Å². The molecule has 0 unspecified atom stereocenters. The molecule has 1 aromatic heterocycles. The number of benzene rings is 1. The van der Waals surface area contributed by atoms with Gasteiger partial charge in [0.25, 0.3) is 5.91 Å². The lowest BCUT2D eigenvalue weighted by Crippen LogP contribution is -2.13. The van der Waals surface area contributed by atoms with E-state index in [1.165, 1.54) is 18.5 Å². The average molecular weight is 451 g/mol. The van der Waals surface area contributed by atoms with Gasteiger partial charge in [0.05, 0.1) is 17.4 Å². The largest absolute Gasteiger partial charge is 0.505 e. The first kappa shape index (κ1) is 14.5. The van der Waals surface area contributed by atoms with Gasteiger partial charge in [-0.1, -0.05) is 15.9 Å². The van der Waals surface area contributed by atoms with E-state index in [1.54, 1.807) is 0 Å². The maximum absolute atomic E-state index is 12.1. The van der Waals surface area contributed by atoms with Crippen LogP contribution in [0, 0.1) is 0 Å². The molecule has 0 aliphatic rings. The minimum absolute atomic E-state index is 0.163. The molecule has 2 rings (SSSR count). The predicted octanol–water partition coefficient (Wildman–Crippen LogP) is 4.33. The van der Waals surface area contributed by atoms with Gasteiger partial charge in [-0.2, -0.15) is 0 Å². The number of rotatable bonds is 2. The lowest BCUT2D eigenvalue weighted by atomic mass is 10.2.